The minimum Gasteiger partial charge on any atom is -0.481 e. The second-order valence-corrected chi connectivity index (χ2v) is 7.25. The van der Waals surface area contributed by atoms with Crippen molar-refractivity contribution in [3.05, 3.63) is 47.7 Å². The molecule has 1 atom stereocenters. The molecule has 2 aromatic rings. The van der Waals surface area contributed by atoms with Gasteiger partial charge in [-0.05, 0) is 55.1 Å². The Morgan fingerprint density at radius 2 is 1.84 bits per heavy atom. The van der Waals surface area contributed by atoms with E-state index >= 15 is 0 Å². The Morgan fingerprint density at radius 3 is 2.56 bits per heavy atom. The molecule has 0 bridgehead atoms. The summed E-state index contributed by atoms with van der Waals surface area (Å²) < 4.78 is 5.18. The van der Waals surface area contributed by atoms with Crippen molar-refractivity contribution < 1.29 is 4.74 Å². The molecule has 1 aliphatic heterocycles. The Hall–Kier alpha value is -1.91. The zero-order chi connectivity index (χ0) is 17.2. The second kappa shape index (κ2) is 7.14. The zero-order valence-electron chi connectivity index (χ0n) is 15.2. The third kappa shape index (κ3) is 3.42. The first kappa shape index (κ1) is 16.6. The molecule has 1 fully saturated rings. The molecule has 0 radical (unpaired) electrons. The zero-order valence-corrected chi connectivity index (χ0v) is 15.2. The summed E-state index contributed by atoms with van der Waals surface area (Å²) >= 11 is 0. The van der Waals surface area contributed by atoms with Gasteiger partial charge in [-0.25, -0.2) is 4.98 Å². The minimum absolute atomic E-state index is 0.573. The maximum atomic E-state index is 5.18. The molecule has 2 aliphatic rings. The summed E-state index contributed by atoms with van der Waals surface area (Å²) in [6, 6.07) is 11.6. The average Bonchev–Trinajstić information content (AvgIpc) is 2.68. The molecule has 1 aromatic heterocycles. The monoisotopic (exact) mass is 337 g/mol. The molecule has 1 saturated heterocycles. The third-order valence-electron chi connectivity index (χ3n) is 5.69. The fourth-order valence-electron chi connectivity index (χ4n) is 4.14. The molecule has 1 aromatic carbocycles. The van der Waals surface area contributed by atoms with Gasteiger partial charge in [0.05, 0.1) is 7.11 Å². The molecular weight excluding hydrogens is 310 g/mol. The van der Waals surface area contributed by atoms with Crippen LogP contribution in [0.1, 0.15) is 30.0 Å². The number of aryl methyl sites for hydroxylation is 1. The van der Waals surface area contributed by atoms with Gasteiger partial charge in [0.2, 0.25) is 5.88 Å². The number of fused-ring (bicyclic) bond motifs is 1. The van der Waals surface area contributed by atoms with Gasteiger partial charge >= 0.3 is 0 Å². The maximum Gasteiger partial charge on any atom is 0.212 e. The van der Waals surface area contributed by atoms with Crippen LogP contribution in [0.2, 0.25) is 0 Å². The molecule has 0 saturated carbocycles. The Balaban J connectivity index is 1.63. The van der Waals surface area contributed by atoms with Crippen LogP contribution in [0.4, 0.5) is 0 Å². The SMILES string of the molecule is COc1ccc(-c2ccc3c(c2)C(N2CCN(C)CC2)CCC3)cn1. The normalized spacial score (nSPS) is 21.8. The number of rotatable bonds is 3. The van der Waals surface area contributed by atoms with E-state index in [4.69, 9.17) is 4.74 Å². The van der Waals surface area contributed by atoms with Crippen LogP contribution < -0.4 is 4.74 Å². The highest BCUT2D eigenvalue weighted by Crippen LogP contribution is 2.37. The Kier molecular flexibility index (Phi) is 4.73. The molecule has 0 N–H and O–H groups in total. The lowest BCUT2D eigenvalue weighted by Gasteiger charge is -2.40. The van der Waals surface area contributed by atoms with Crippen LogP contribution in [-0.4, -0.2) is 55.1 Å². The van der Waals surface area contributed by atoms with Crippen molar-refractivity contribution in [2.45, 2.75) is 25.3 Å². The number of hydrogen-bond donors (Lipinski definition) is 0. The van der Waals surface area contributed by atoms with Gasteiger partial charge in [-0.3, -0.25) is 4.90 Å². The summed E-state index contributed by atoms with van der Waals surface area (Å²) in [4.78, 5) is 9.48. The van der Waals surface area contributed by atoms with E-state index in [2.05, 4.69) is 46.1 Å². The number of aromatic nitrogens is 1. The number of pyridine rings is 1. The van der Waals surface area contributed by atoms with Crippen molar-refractivity contribution in [1.82, 2.24) is 14.8 Å². The van der Waals surface area contributed by atoms with Crippen molar-refractivity contribution >= 4 is 0 Å². The van der Waals surface area contributed by atoms with E-state index in [1.165, 1.54) is 62.1 Å². The molecule has 4 heteroatoms. The molecule has 1 unspecified atom stereocenters. The van der Waals surface area contributed by atoms with Crippen LogP contribution in [-0.2, 0) is 6.42 Å². The van der Waals surface area contributed by atoms with E-state index in [1.807, 2.05) is 12.3 Å². The molecular formula is C21H27N3O. The molecule has 132 valence electrons. The second-order valence-electron chi connectivity index (χ2n) is 7.25. The van der Waals surface area contributed by atoms with Gasteiger partial charge in [-0.15, -0.1) is 0 Å². The highest BCUT2D eigenvalue weighted by atomic mass is 16.5. The summed E-state index contributed by atoms with van der Waals surface area (Å²) in [6.45, 7) is 4.70. The van der Waals surface area contributed by atoms with Crippen LogP contribution in [0.5, 0.6) is 5.88 Å². The van der Waals surface area contributed by atoms with Crippen molar-refractivity contribution in [3.63, 3.8) is 0 Å². The van der Waals surface area contributed by atoms with Crippen LogP contribution >= 0.6 is 0 Å². The van der Waals surface area contributed by atoms with E-state index in [-0.39, 0.29) is 0 Å². The first-order chi connectivity index (χ1) is 12.2. The summed E-state index contributed by atoms with van der Waals surface area (Å²) in [5.41, 5.74) is 5.48. The maximum absolute atomic E-state index is 5.18. The predicted octanol–water partition coefficient (Wildman–Crippen LogP) is 3.38. The van der Waals surface area contributed by atoms with Gasteiger partial charge < -0.3 is 9.64 Å². The lowest BCUT2D eigenvalue weighted by Crippen LogP contribution is -2.46. The molecule has 25 heavy (non-hydrogen) atoms. The standard InChI is InChI=1S/C21H27N3O/c1-23-10-12-24(13-11-23)20-5-3-4-16-6-7-17(14-19(16)20)18-8-9-21(25-2)22-15-18/h6-9,14-15,20H,3-5,10-13H2,1-2H3. The fraction of sp³-hybridized carbons (Fsp3) is 0.476. The van der Waals surface area contributed by atoms with E-state index in [9.17, 15) is 0 Å². The van der Waals surface area contributed by atoms with E-state index in [1.54, 1.807) is 7.11 Å². The minimum atomic E-state index is 0.573. The molecule has 2 heterocycles. The molecule has 4 rings (SSSR count). The Morgan fingerprint density at radius 1 is 1.04 bits per heavy atom. The van der Waals surface area contributed by atoms with Gasteiger partial charge in [0, 0.05) is 50.0 Å². The third-order valence-corrected chi connectivity index (χ3v) is 5.69. The molecule has 0 amide bonds. The van der Waals surface area contributed by atoms with Crippen molar-refractivity contribution in [3.8, 4) is 17.0 Å². The van der Waals surface area contributed by atoms with Gasteiger partial charge in [0.1, 0.15) is 0 Å². The number of likely N-dealkylation sites (N-methyl/N-ethyl adjacent to an activating group) is 1. The number of piperazine rings is 1. The first-order valence-electron chi connectivity index (χ1n) is 9.30. The van der Waals surface area contributed by atoms with Crippen LogP contribution in [0.15, 0.2) is 36.5 Å². The lowest BCUT2D eigenvalue weighted by molar-refractivity contribution is 0.102. The Labute approximate surface area is 150 Å². The highest BCUT2D eigenvalue weighted by molar-refractivity contribution is 5.65. The predicted molar refractivity (Wildman–Crippen MR) is 101 cm³/mol. The quantitative estimate of drug-likeness (QED) is 0.858. The number of hydrogen-bond acceptors (Lipinski definition) is 4. The lowest BCUT2D eigenvalue weighted by atomic mass is 9.84. The molecule has 4 nitrogen and oxygen atoms in total. The van der Waals surface area contributed by atoms with Crippen LogP contribution in [0.25, 0.3) is 11.1 Å². The average molecular weight is 337 g/mol. The van der Waals surface area contributed by atoms with E-state index in [0.29, 0.717) is 11.9 Å². The smallest absolute Gasteiger partial charge is 0.212 e. The molecule has 0 spiro atoms. The summed E-state index contributed by atoms with van der Waals surface area (Å²) in [7, 11) is 3.88. The van der Waals surface area contributed by atoms with Gasteiger partial charge in [0.25, 0.3) is 0 Å². The summed E-state index contributed by atoms with van der Waals surface area (Å²) in [5, 5.41) is 0. The number of nitrogens with zero attached hydrogens (tertiary/aromatic N) is 3. The van der Waals surface area contributed by atoms with Crippen LogP contribution in [0.3, 0.4) is 0 Å². The highest BCUT2D eigenvalue weighted by Gasteiger charge is 2.28. The first-order valence-corrected chi connectivity index (χ1v) is 9.30. The van der Waals surface area contributed by atoms with Crippen molar-refractivity contribution in [2.75, 3.05) is 40.3 Å². The largest absolute Gasteiger partial charge is 0.481 e. The van der Waals surface area contributed by atoms with Crippen molar-refractivity contribution in [2.24, 2.45) is 0 Å². The number of ether oxygens (including phenoxy) is 1. The Bertz CT molecular complexity index is 720. The topological polar surface area (TPSA) is 28.6 Å². The van der Waals surface area contributed by atoms with Crippen LogP contribution in [0, 0.1) is 0 Å². The van der Waals surface area contributed by atoms with Crippen molar-refractivity contribution in [1.29, 1.82) is 0 Å². The molecule has 1 aliphatic carbocycles. The van der Waals surface area contributed by atoms with E-state index < -0.39 is 0 Å². The van der Waals surface area contributed by atoms with Gasteiger partial charge in [-0.2, -0.15) is 0 Å². The van der Waals surface area contributed by atoms with E-state index in [0.717, 1.165) is 5.56 Å². The number of methoxy groups -OCH3 is 1. The summed E-state index contributed by atoms with van der Waals surface area (Å²) in [5.74, 6) is 0.664. The number of benzene rings is 1. The summed E-state index contributed by atoms with van der Waals surface area (Å²) in [6.07, 6.45) is 5.70. The van der Waals surface area contributed by atoms with Gasteiger partial charge in [-0.1, -0.05) is 12.1 Å². The van der Waals surface area contributed by atoms with Gasteiger partial charge in [0.15, 0.2) is 0 Å². The fourth-order valence-corrected chi connectivity index (χ4v) is 4.14.